The van der Waals surface area contributed by atoms with Gasteiger partial charge in [-0.1, -0.05) is 0 Å². The lowest BCUT2D eigenvalue weighted by Crippen LogP contribution is -2.13. The van der Waals surface area contributed by atoms with Crippen LogP contribution >= 0.6 is 15.2 Å². The minimum absolute atomic E-state index is 0.0318. The fourth-order valence-corrected chi connectivity index (χ4v) is 5.48. The van der Waals surface area contributed by atoms with E-state index in [0.717, 1.165) is 0 Å². The van der Waals surface area contributed by atoms with Crippen LogP contribution in [0.2, 0.25) is 0 Å². The lowest BCUT2D eigenvalue weighted by molar-refractivity contribution is 0.173. The van der Waals surface area contributed by atoms with Crippen LogP contribution in [0.1, 0.15) is 27.7 Å². The lowest BCUT2D eigenvalue weighted by atomic mass is 10.9. The highest BCUT2D eigenvalue weighted by molar-refractivity contribution is 7.72. The summed E-state index contributed by atoms with van der Waals surface area (Å²) in [6, 6.07) is 0. The number of halogens is 1. The first-order valence-electron chi connectivity index (χ1n) is 5.81. The maximum absolute atomic E-state index is 14.2. The molecule has 0 bridgehead atoms. The summed E-state index contributed by atoms with van der Waals surface area (Å²) in [5.74, 6) is 0. The van der Waals surface area contributed by atoms with Gasteiger partial charge in [0.15, 0.2) is 0 Å². The van der Waals surface area contributed by atoms with Crippen molar-refractivity contribution in [3.8, 4) is 0 Å². The zero-order valence-electron chi connectivity index (χ0n) is 11.1. The van der Waals surface area contributed by atoms with Gasteiger partial charge in [0.2, 0.25) is 0 Å². The highest BCUT2D eigenvalue weighted by Gasteiger charge is 2.51. The van der Waals surface area contributed by atoms with Crippen LogP contribution in [0.3, 0.4) is 0 Å². The molecule has 9 heteroatoms. The van der Waals surface area contributed by atoms with Crippen LogP contribution in [0.25, 0.3) is 0 Å². The Balaban J connectivity index is 5.18. The Hall–Kier alpha value is 0.230. The van der Waals surface area contributed by atoms with Crippen LogP contribution in [0.5, 0.6) is 0 Å². The minimum atomic E-state index is -4.17. The molecule has 0 N–H and O–H groups in total. The lowest BCUT2D eigenvalue weighted by Gasteiger charge is -2.26. The summed E-state index contributed by atoms with van der Waals surface area (Å²) in [6.07, 6.45) is 0. The third kappa shape index (κ3) is 4.72. The van der Waals surface area contributed by atoms with Crippen LogP contribution in [0.4, 0.5) is 4.39 Å². The minimum Gasteiger partial charge on any atom is -0.306 e. The predicted molar refractivity (Wildman–Crippen MR) is 66.6 cm³/mol. The van der Waals surface area contributed by atoms with Crippen LogP contribution in [0, 0.1) is 0 Å². The van der Waals surface area contributed by atoms with Gasteiger partial charge >= 0.3 is 20.8 Å². The Bertz CT molecular complexity index is 274. The van der Waals surface area contributed by atoms with Crippen molar-refractivity contribution in [2.45, 2.75) is 33.3 Å². The smallest absolute Gasteiger partial charge is 0.306 e. The number of hydrogen-bond donors (Lipinski definition) is 0. The van der Waals surface area contributed by atoms with E-state index in [9.17, 15) is 13.5 Å². The van der Waals surface area contributed by atoms with E-state index < -0.39 is 20.8 Å². The first-order valence-corrected chi connectivity index (χ1v) is 9.04. The van der Waals surface area contributed by atoms with Crippen molar-refractivity contribution in [3.63, 3.8) is 0 Å². The first kappa shape index (κ1) is 18.2. The monoisotopic (exact) mass is 306 g/mol. The van der Waals surface area contributed by atoms with Crippen molar-refractivity contribution in [1.29, 1.82) is 0 Å². The second-order valence-corrected chi connectivity index (χ2v) is 7.57. The van der Waals surface area contributed by atoms with E-state index in [1.807, 2.05) is 0 Å². The molecule has 0 fully saturated rings. The summed E-state index contributed by atoms with van der Waals surface area (Å²) >= 11 is 0. The molecule has 0 aromatic carbocycles. The second kappa shape index (κ2) is 8.41. The molecular weight excluding hydrogens is 285 g/mol. The predicted octanol–water partition coefficient (Wildman–Crippen LogP) is 3.77. The molecule has 0 aliphatic heterocycles. The van der Waals surface area contributed by atoms with Crippen molar-refractivity contribution in [3.05, 3.63) is 0 Å². The fourth-order valence-electron chi connectivity index (χ4n) is 1.21. The molecule has 0 aromatic rings. The molecule has 18 heavy (non-hydrogen) atoms. The highest BCUT2D eigenvalue weighted by Crippen LogP contribution is 2.70. The zero-order chi connectivity index (χ0) is 14.2. The van der Waals surface area contributed by atoms with Gasteiger partial charge in [0.25, 0.3) is 0 Å². The van der Waals surface area contributed by atoms with E-state index >= 15 is 0 Å². The first-order chi connectivity index (χ1) is 8.40. The Morgan fingerprint density at radius 3 is 1.17 bits per heavy atom. The van der Waals surface area contributed by atoms with E-state index in [1.54, 1.807) is 0 Å². The normalized spacial score (nSPS) is 13.2. The number of rotatable bonds is 10. The van der Waals surface area contributed by atoms with Gasteiger partial charge in [-0.3, -0.25) is 9.13 Å². The largest absolute Gasteiger partial charge is 0.377 e. The van der Waals surface area contributed by atoms with Gasteiger partial charge in [0, 0.05) is 0 Å². The van der Waals surface area contributed by atoms with E-state index in [1.165, 1.54) is 27.7 Å². The Labute approximate surface area is 107 Å². The average molecular weight is 306 g/mol. The fraction of sp³-hybridized carbons (Fsp3) is 1.00. The molecule has 110 valence electrons. The third-order valence-electron chi connectivity index (χ3n) is 1.76. The molecule has 0 amide bonds. The van der Waals surface area contributed by atoms with Gasteiger partial charge in [-0.15, -0.1) is 0 Å². The Kier molecular flexibility index (Phi) is 8.52. The van der Waals surface area contributed by atoms with Crippen LogP contribution in [-0.4, -0.2) is 32.1 Å². The summed E-state index contributed by atoms with van der Waals surface area (Å²) in [5, 5.41) is 0. The quantitative estimate of drug-likeness (QED) is 0.572. The van der Waals surface area contributed by atoms with Crippen molar-refractivity contribution in [1.82, 2.24) is 0 Å². The molecule has 6 nitrogen and oxygen atoms in total. The van der Waals surface area contributed by atoms with Crippen molar-refractivity contribution in [2.24, 2.45) is 0 Å². The van der Waals surface area contributed by atoms with Gasteiger partial charge in [-0.2, -0.15) is 0 Å². The van der Waals surface area contributed by atoms with Gasteiger partial charge in [-0.05, 0) is 27.7 Å². The summed E-state index contributed by atoms with van der Waals surface area (Å²) in [6.45, 7) is 6.00. The molecule has 0 heterocycles. The Morgan fingerprint density at radius 2 is 1.00 bits per heavy atom. The SMILES string of the molecule is CCOP(=O)(OCC)C(F)P(=O)(OCC)OCC. The summed E-state index contributed by atoms with van der Waals surface area (Å²) in [7, 11) is -8.34. The van der Waals surface area contributed by atoms with Crippen molar-refractivity contribution < 1.29 is 31.6 Å². The van der Waals surface area contributed by atoms with E-state index in [-0.39, 0.29) is 26.4 Å². The highest BCUT2D eigenvalue weighted by atomic mass is 31.2. The summed E-state index contributed by atoms with van der Waals surface area (Å²) < 4.78 is 57.7. The molecule has 0 aliphatic carbocycles. The maximum Gasteiger partial charge on any atom is 0.377 e. The zero-order valence-corrected chi connectivity index (χ0v) is 12.9. The second-order valence-electron chi connectivity index (χ2n) is 3.06. The van der Waals surface area contributed by atoms with Crippen LogP contribution in [0.15, 0.2) is 0 Å². The van der Waals surface area contributed by atoms with Crippen molar-refractivity contribution >= 4 is 15.2 Å². The van der Waals surface area contributed by atoms with Gasteiger partial charge in [-0.25, -0.2) is 4.39 Å². The molecule has 0 rings (SSSR count). The standard InChI is InChI=1S/C9H21FO6P2/c1-5-13-17(11,14-6-2)9(10)18(12,15-7-3)16-8-4/h9H,5-8H2,1-4H3. The molecule has 0 saturated carbocycles. The third-order valence-corrected chi connectivity index (χ3v) is 6.97. The molecule has 0 atom stereocenters. The van der Waals surface area contributed by atoms with Crippen LogP contribution < -0.4 is 0 Å². The molecule has 0 radical (unpaired) electrons. The van der Waals surface area contributed by atoms with Gasteiger partial charge in [0.1, 0.15) is 0 Å². The van der Waals surface area contributed by atoms with E-state index in [2.05, 4.69) is 0 Å². The van der Waals surface area contributed by atoms with Gasteiger partial charge in [0.05, 0.1) is 26.4 Å². The van der Waals surface area contributed by atoms with E-state index in [4.69, 9.17) is 18.1 Å². The van der Waals surface area contributed by atoms with Crippen LogP contribution in [-0.2, 0) is 27.2 Å². The maximum atomic E-state index is 14.2. The average Bonchev–Trinajstić information content (AvgIpc) is 2.29. The molecule has 0 unspecified atom stereocenters. The molecule has 0 aromatic heterocycles. The molecule has 0 saturated heterocycles. The molecule has 0 aliphatic rings. The number of hydrogen-bond acceptors (Lipinski definition) is 6. The van der Waals surface area contributed by atoms with Gasteiger partial charge < -0.3 is 18.1 Å². The number of alkyl halides is 1. The van der Waals surface area contributed by atoms with E-state index in [0.29, 0.717) is 0 Å². The molecular formula is C9H21FO6P2. The topological polar surface area (TPSA) is 71.1 Å². The Morgan fingerprint density at radius 1 is 0.778 bits per heavy atom. The van der Waals surface area contributed by atoms with Crippen molar-refractivity contribution in [2.75, 3.05) is 26.4 Å². The summed E-state index contributed by atoms with van der Waals surface area (Å²) in [4.78, 5) is 0. The summed E-state index contributed by atoms with van der Waals surface area (Å²) in [5.41, 5.74) is -2.44. The molecule has 0 spiro atoms.